The van der Waals surface area contributed by atoms with E-state index >= 15 is 0 Å². The number of aliphatic imine (C=N–C) groups is 1. The maximum atomic E-state index is 8.49. The molecule has 0 N–H and O–H groups in total. The highest BCUT2D eigenvalue weighted by Crippen LogP contribution is 2.00. The summed E-state index contributed by atoms with van der Waals surface area (Å²) in [6, 6.07) is 0. The average molecular weight is 213 g/mol. The maximum absolute atomic E-state index is 8.49. The van der Waals surface area contributed by atoms with Gasteiger partial charge in [0.1, 0.15) is 0 Å². The fraction of sp³-hybridized carbons (Fsp3) is 0.833. The van der Waals surface area contributed by atoms with E-state index in [4.69, 9.17) is 18.6 Å². The minimum atomic E-state index is -4.94. The summed E-state index contributed by atoms with van der Waals surface area (Å²) in [6.45, 7) is 2.27. The van der Waals surface area contributed by atoms with Gasteiger partial charge >= 0.3 is 0 Å². The van der Waals surface area contributed by atoms with Crippen LogP contribution in [-0.4, -0.2) is 38.0 Å². The molecule has 0 aliphatic carbocycles. The van der Waals surface area contributed by atoms with Crippen molar-refractivity contribution in [1.29, 1.82) is 0 Å². The Hall–Kier alpha value is -0.240. The van der Waals surface area contributed by atoms with Gasteiger partial charge in [-0.05, 0) is 0 Å². The molecule has 0 bridgehead atoms. The largest absolute Gasteiger partial charge is 0.286 e. The lowest BCUT2D eigenvalue weighted by Crippen LogP contribution is -2.68. The molecule has 7 heteroatoms. The van der Waals surface area contributed by atoms with Gasteiger partial charge < -0.3 is 0 Å². The molecule has 6 nitrogen and oxygen atoms in total. The molecule has 1 heterocycles. The van der Waals surface area contributed by atoms with E-state index in [0.29, 0.717) is 0 Å². The first-order chi connectivity index (χ1) is 5.71. The zero-order chi connectivity index (χ0) is 10.5. The molecule has 1 aliphatic rings. The monoisotopic (exact) mass is 212 g/mol. The minimum absolute atomic E-state index is 0.958. The topological polar surface area (TPSA) is 105 Å². The van der Waals surface area contributed by atoms with Crippen LogP contribution in [0.15, 0.2) is 4.99 Å². The number of quaternary nitrogens is 1. The molecule has 0 saturated heterocycles. The van der Waals surface area contributed by atoms with Gasteiger partial charge in [0.25, 0.3) is 0 Å². The highest BCUT2D eigenvalue weighted by molar-refractivity contribution is 5.46. The first-order valence-corrected chi connectivity index (χ1v) is 4.89. The molecule has 0 unspecified atom stereocenters. The van der Waals surface area contributed by atoms with E-state index in [1.807, 2.05) is 6.34 Å². The molecule has 0 amide bonds. The van der Waals surface area contributed by atoms with Crippen molar-refractivity contribution >= 4 is 6.34 Å². The fourth-order valence-electron chi connectivity index (χ4n) is 0.906. The van der Waals surface area contributed by atoms with Crippen LogP contribution in [0.2, 0.25) is 0 Å². The molecule has 0 aromatic rings. The average Bonchev–Trinajstić information content (AvgIpc) is 1.82. The van der Waals surface area contributed by atoms with Crippen molar-refractivity contribution in [2.24, 2.45) is 4.99 Å². The van der Waals surface area contributed by atoms with E-state index in [-0.39, 0.29) is 0 Å². The first kappa shape index (κ1) is 12.8. The van der Waals surface area contributed by atoms with Gasteiger partial charge in [0.15, 0.2) is 6.34 Å². The summed E-state index contributed by atoms with van der Waals surface area (Å²) in [7, 11) is -0.606. The number of rotatable bonds is 0. The zero-order valence-corrected chi connectivity index (χ0v) is 8.36. The van der Waals surface area contributed by atoms with E-state index in [2.05, 4.69) is 19.1 Å². The Kier molecular flexibility index (Phi) is 4.76. The van der Waals surface area contributed by atoms with Crippen LogP contribution < -0.4 is 18.6 Å². The number of halogens is 1. The maximum Gasteiger partial charge on any atom is 0.184 e. The first-order valence-electron chi connectivity index (χ1n) is 3.66. The summed E-state index contributed by atoms with van der Waals surface area (Å²) in [5, 5.41) is 0. The molecule has 0 radical (unpaired) electrons. The van der Waals surface area contributed by atoms with Gasteiger partial charge in [0, 0.05) is 13.0 Å². The van der Waals surface area contributed by atoms with Crippen molar-refractivity contribution in [1.82, 2.24) is 0 Å². The Labute approximate surface area is 79.1 Å². The van der Waals surface area contributed by atoms with Crippen molar-refractivity contribution in [3.05, 3.63) is 0 Å². The minimum Gasteiger partial charge on any atom is -0.286 e. The molecule has 1 rings (SSSR count). The van der Waals surface area contributed by atoms with Crippen LogP contribution in [0.1, 0.15) is 6.42 Å². The smallest absolute Gasteiger partial charge is 0.184 e. The molecule has 0 saturated carbocycles. The summed E-state index contributed by atoms with van der Waals surface area (Å²) in [6.07, 6.45) is 3.26. The molecule has 0 aromatic carbocycles. The van der Waals surface area contributed by atoms with E-state index in [1.54, 1.807) is 0 Å². The van der Waals surface area contributed by atoms with Crippen molar-refractivity contribution in [2.75, 3.05) is 27.2 Å². The second-order valence-electron chi connectivity index (χ2n) is 3.26. The van der Waals surface area contributed by atoms with Gasteiger partial charge in [-0.25, -0.2) is 23.6 Å². The summed E-state index contributed by atoms with van der Waals surface area (Å²) < 4.78 is 34.9. The second kappa shape index (κ2) is 4.85. The third-order valence-corrected chi connectivity index (χ3v) is 1.42. The lowest BCUT2D eigenvalue weighted by atomic mass is 10.3. The lowest BCUT2D eigenvalue weighted by Gasteiger charge is -2.25. The molecule has 0 spiro atoms. The SMILES string of the molecule is C[N+]1(C)C=NCCC1.[O-][Cl+3]([O-])([O-])[O-]. The number of hydrogen-bond donors (Lipinski definition) is 0. The number of hydrogen-bond acceptors (Lipinski definition) is 5. The number of nitrogens with zero attached hydrogens (tertiary/aromatic N) is 2. The van der Waals surface area contributed by atoms with Crippen LogP contribution in [0.5, 0.6) is 0 Å². The van der Waals surface area contributed by atoms with Gasteiger partial charge in [-0.1, -0.05) is 0 Å². The van der Waals surface area contributed by atoms with Crippen LogP contribution in [0.3, 0.4) is 0 Å². The quantitative estimate of drug-likeness (QED) is 0.379. The Morgan fingerprint density at radius 3 is 1.85 bits per heavy atom. The van der Waals surface area contributed by atoms with E-state index in [9.17, 15) is 0 Å². The van der Waals surface area contributed by atoms with Crippen LogP contribution in [0.4, 0.5) is 0 Å². The molecule has 0 atom stereocenters. The van der Waals surface area contributed by atoms with Crippen molar-refractivity contribution in [3.63, 3.8) is 0 Å². The second-order valence-corrected chi connectivity index (χ2v) is 4.01. The van der Waals surface area contributed by atoms with Crippen LogP contribution in [0, 0.1) is 10.2 Å². The van der Waals surface area contributed by atoms with Gasteiger partial charge in [-0.15, -0.1) is 10.2 Å². The molecule has 0 fully saturated rings. The zero-order valence-electron chi connectivity index (χ0n) is 7.60. The molecule has 13 heavy (non-hydrogen) atoms. The van der Waals surface area contributed by atoms with Crippen molar-refractivity contribution in [2.45, 2.75) is 6.42 Å². The molecule has 1 aliphatic heterocycles. The predicted octanol–water partition coefficient (Wildman–Crippen LogP) is -4.26. The summed E-state index contributed by atoms with van der Waals surface area (Å²) in [5.74, 6) is 0. The Morgan fingerprint density at radius 2 is 1.69 bits per heavy atom. The Morgan fingerprint density at radius 1 is 1.23 bits per heavy atom. The molecular formula is C6H13ClN2O4. The fourth-order valence-corrected chi connectivity index (χ4v) is 0.906. The molecular weight excluding hydrogens is 200 g/mol. The van der Waals surface area contributed by atoms with Gasteiger partial charge in [0.05, 0.1) is 20.6 Å². The van der Waals surface area contributed by atoms with Crippen LogP contribution >= 0.6 is 0 Å². The van der Waals surface area contributed by atoms with Gasteiger partial charge in [-0.2, -0.15) is 0 Å². The van der Waals surface area contributed by atoms with E-state index < -0.39 is 10.2 Å². The third-order valence-electron chi connectivity index (χ3n) is 1.42. The van der Waals surface area contributed by atoms with Gasteiger partial charge in [0.2, 0.25) is 0 Å². The Bertz CT molecular complexity index is 172. The van der Waals surface area contributed by atoms with Crippen LogP contribution in [0.25, 0.3) is 0 Å². The normalized spacial score (nSPS) is 20.5. The van der Waals surface area contributed by atoms with Crippen molar-refractivity contribution < 1.29 is 33.4 Å². The van der Waals surface area contributed by atoms with E-state index in [1.165, 1.54) is 13.0 Å². The predicted molar refractivity (Wildman–Crippen MR) is 35.0 cm³/mol. The van der Waals surface area contributed by atoms with Crippen LogP contribution in [-0.2, 0) is 0 Å². The molecule has 0 aromatic heterocycles. The third kappa shape index (κ3) is 11.8. The van der Waals surface area contributed by atoms with Crippen molar-refractivity contribution in [3.8, 4) is 0 Å². The molecule has 78 valence electrons. The Balaban J connectivity index is 0.000000252. The van der Waals surface area contributed by atoms with E-state index in [0.717, 1.165) is 11.0 Å². The lowest BCUT2D eigenvalue weighted by molar-refractivity contribution is -2.00. The highest BCUT2D eigenvalue weighted by atomic mass is 35.7. The summed E-state index contributed by atoms with van der Waals surface area (Å²) >= 11 is 0. The summed E-state index contributed by atoms with van der Waals surface area (Å²) in [5.41, 5.74) is 0. The van der Waals surface area contributed by atoms with Gasteiger partial charge in [-0.3, -0.25) is 4.48 Å². The standard InChI is InChI=1S/C6H13N2.ClHO4/c1-8(2)5-3-4-7-6-8;2-1(3,4)5/h6H,3-5H2,1-2H3;(H,2,3,4,5)/q+1;/p-1. The highest BCUT2D eigenvalue weighted by Gasteiger charge is 2.13. The summed E-state index contributed by atoms with van der Waals surface area (Å²) in [4.78, 5) is 4.18.